The molecule has 25 heavy (non-hydrogen) atoms. The average molecular weight is 344 g/mol. The Hall–Kier alpha value is -1.78. The van der Waals surface area contributed by atoms with E-state index in [2.05, 4.69) is 10.5 Å². The molecule has 4 aliphatic carbocycles. The molecule has 4 bridgehead atoms. The Morgan fingerprint density at radius 2 is 1.88 bits per heavy atom. The first-order valence-electron chi connectivity index (χ1n) is 9.51. The number of nitrogens with zero attached hydrogens (tertiary/aromatic N) is 1. The van der Waals surface area contributed by atoms with Crippen LogP contribution < -0.4 is 5.32 Å². The fourth-order valence-electron chi connectivity index (χ4n) is 5.71. The van der Waals surface area contributed by atoms with E-state index in [1.165, 1.54) is 38.5 Å². The number of carbonyl (C=O) groups excluding carboxylic acids is 1. The summed E-state index contributed by atoms with van der Waals surface area (Å²) in [5.41, 5.74) is 0.997. The third kappa shape index (κ3) is 3.60. The van der Waals surface area contributed by atoms with Gasteiger partial charge in [-0.1, -0.05) is 5.16 Å². The first-order valence-corrected chi connectivity index (χ1v) is 9.51. The molecule has 1 heterocycles. The van der Waals surface area contributed by atoms with Gasteiger partial charge in [-0.15, -0.1) is 0 Å². The number of aryl methyl sites for hydroxylation is 1. The Morgan fingerprint density at radius 3 is 2.44 bits per heavy atom. The van der Waals surface area contributed by atoms with Crippen LogP contribution in [0.3, 0.4) is 0 Å². The molecule has 4 fully saturated rings. The Balaban J connectivity index is 1.24. The fraction of sp³-hybridized carbons (Fsp3) is 0.700. The van der Waals surface area contributed by atoms with E-state index in [0.717, 1.165) is 30.1 Å². The molecule has 0 aliphatic heterocycles. The largest absolute Gasteiger partial charge is 0.460 e. The van der Waals surface area contributed by atoms with E-state index in [4.69, 9.17) is 9.25 Å². The highest BCUT2D eigenvalue weighted by Crippen LogP contribution is 2.59. The minimum Gasteiger partial charge on any atom is -0.460 e. The smallest absolute Gasteiger partial charge is 0.260 e. The first kappa shape index (κ1) is 16.7. The zero-order valence-electron chi connectivity index (χ0n) is 15.2. The summed E-state index contributed by atoms with van der Waals surface area (Å²) in [6.45, 7) is 4.46. The molecule has 5 rings (SSSR count). The molecule has 1 N–H and O–H groups in total. The molecular formula is C20H28N2O3. The highest BCUT2D eigenvalue weighted by atomic mass is 16.6. The molecule has 0 spiro atoms. The molecule has 4 aliphatic rings. The third-order valence-corrected chi connectivity index (χ3v) is 6.32. The van der Waals surface area contributed by atoms with Gasteiger partial charge in [-0.3, -0.25) is 4.79 Å². The van der Waals surface area contributed by atoms with Crippen molar-refractivity contribution in [1.82, 2.24) is 5.32 Å². The first-order chi connectivity index (χ1) is 12.0. The summed E-state index contributed by atoms with van der Waals surface area (Å²) in [5, 5.41) is 7.09. The maximum Gasteiger partial charge on any atom is 0.260 e. The molecule has 0 atom stereocenters. The fourth-order valence-corrected chi connectivity index (χ4v) is 5.71. The van der Waals surface area contributed by atoms with Gasteiger partial charge in [-0.25, -0.2) is 0 Å². The molecule has 0 aromatic carbocycles. The zero-order valence-corrected chi connectivity index (χ0v) is 15.2. The van der Waals surface area contributed by atoms with Gasteiger partial charge in [0.1, 0.15) is 11.5 Å². The maximum atomic E-state index is 12.1. The van der Waals surface area contributed by atoms with Gasteiger partial charge >= 0.3 is 0 Å². The van der Waals surface area contributed by atoms with Crippen molar-refractivity contribution in [3.63, 3.8) is 0 Å². The van der Waals surface area contributed by atoms with Gasteiger partial charge in [0.05, 0.1) is 0 Å². The minimum absolute atomic E-state index is 0.0383. The molecule has 5 nitrogen and oxygen atoms in total. The van der Waals surface area contributed by atoms with Gasteiger partial charge in [-0.2, -0.15) is 0 Å². The van der Waals surface area contributed by atoms with Crippen LogP contribution in [-0.2, 0) is 9.63 Å². The predicted molar refractivity (Wildman–Crippen MR) is 95.2 cm³/mol. The van der Waals surface area contributed by atoms with E-state index in [0.29, 0.717) is 16.9 Å². The second-order valence-corrected chi connectivity index (χ2v) is 8.55. The summed E-state index contributed by atoms with van der Waals surface area (Å²) in [6.07, 6.45) is 8.18. The maximum absolute atomic E-state index is 12.1. The Kier molecular flexibility index (Phi) is 4.34. The number of rotatable bonds is 6. The van der Waals surface area contributed by atoms with Gasteiger partial charge in [0.25, 0.3) is 5.91 Å². The lowest BCUT2D eigenvalue weighted by atomic mass is 9.49. The standard InChI is InChI=1S/C20H28N2O3/c1-13-3-4-18(25-13)14(2)22-24-11-19(23)21-12-20-8-15-5-16(9-20)7-17(6-15)10-20/h3-4,15-17H,5-12H2,1-2H3,(H,21,23)/b22-14+. The molecule has 136 valence electrons. The van der Waals surface area contributed by atoms with E-state index >= 15 is 0 Å². The number of hydrogen-bond acceptors (Lipinski definition) is 4. The van der Waals surface area contributed by atoms with Crippen LogP contribution >= 0.6 is 0 Å². The van der Waals surface area contributed by atoms with Crippen LogP contribution in [0.5, 0.6) is 0 Å². The number of carbonyl (C=O) groups is 1. The number of nitrogens with one attached hydrogen (secondary N) is 1. The van der Waals surface area contributed by atoms with Gasteiger partial charge in [0.15, 0.2) is 12.4 Å². The molecule has 0 unspecified atom stereocenters. The monoisotopic (exact) mass is 344 g/mol. The van der Waals surface area contributed by atoms with Crippen molar-refractivity contribution >= 4 is 11.6 Å². The predicted octanol–water partition coefficient (Wildman–Crippen LogP) is 3.66. The lowest BCUT2D eigenvalue weighted by Crippen LogP contribution is -2.51. The molecule has 1 amide bonds. The van der Waals surface area contributed by atoms with Crippen LogP contribution in [0.2, 0.25) is 0 Å². The van der Waals surface area contributed by atoms with E-state index in [1.54, 1.807) is 0 Å². The van der Waals surface area contributed by atoms with Crippen LogP contribution in [-0.4, -0.2) is 24.8 Å². The molecule has 0 radical (unpaired) electrons. The van der Waals surface area contributed by atoms with E-state index < -0.39 is 0 Å². The van der Waals surface area contributed by atoms with Gasteiger partial charge in [-0.05, 0) is 87.7 Å². The topological polar surface area (TPSA) is 63.8 Å². The van der Waals surface area contributed by atoms with Crippen molar-refractivity contribution in [2.45, 2.75) is 52.4 Å². The van der Waals surface area contributed by atoms with Crippen LogP contribution in [0.1, 0.15) is 57.0 Å². The van der Waals surface area contributed by atoms with Gasteiger partial charge in [0, 0.05) is 6.54 Å². The average Bonchev–Trinajstić information content (AvgIpc) is 2.98. The number of furan rings is 1. The minimum atomic E-state index is -0.0806. The van der Waals surface area contributed by atoms with Crippen molar-refractivity contribution < 1.29 is 14.0 Å². The molecule has 4 saturated carbocycles. The quantitative estimate of drug-likeness (QED) is 0.633. The Labute approximate surface area is 149 Å². The van der Waals surface area contributed by atoms with Crippen LogP contribution in [0.4, 0.5) is 0 Å². The second kappa shape index (κ2) is 6.50. The lowest BCUT2D eigenvalue weighted by Gasteiger charge is -2.56. The summed E-state index contributed by atoms with van der Waals surface area (Å²) >= 11 is 0. The molecular weight excluding hydrogens is 316 g/mol. The van der Waals surface area contributed by atoms with Gasteiger partial charge < -0.3 is 14.6 Å². The van der Waals surface area contributed by atoms with E-state index in [1.807, 2.05) is 26.0 Å². The van der Waals surface area contributed by atoms with Gasteiger partial charge in [0.2, 0.25) is 0 Å². The zero-order chi connectivity index (χ0) is 17.4. The molecule has 1 aromatic rings. The highest BCUT2D eigenvalue weighted by molar-refractivity contribution is 5.95. The molecule has 0 saturated heterocycles. The number of hydrogen-bond donors (Lipinski definition) is 1. The SMILES string of the molecule is C/C(=N\OCC(=O)NCC12CC3CC(CC(C3)C1)C2)c1ccc(C)o1. The number of oxime groups is 1. The summed E-state index contributed by atoms with van der Waals surface area (Å²) in [4.78, 5) is 17.3. The second-order valence-electron chi connectivity index (χ2n) is 8.55. The van der Waals surface area contributed by atoms with Crippen molar-refractivity contribution in [1.29, 1.82) is 0 Å². The lowest BCUT2D eigenvalue weighted by molar-refractivity contribution is -0.127. The third-order valence-electron chi connectivity index (χ3n) is 6.32. The number of amides is 1. The highest BCUT2D eigenvalue weighted by Gasteiger charge is 2.50. The van der Waals surface area contributed by atoms with Crippen LogP contribution in [0, 0.1) is 30.1 Å². The van der Waals surface area contributed by atoms with Crippen molar-refractivity contribution in [3.05, 3.63) is 23.7 Å². The van der Waals surface area contributed by atoms with Crippen molar-refractivity contribution in [2.24, 2.45) is 28.3 Å². The Bertz CT molecular complexity index is 641. The van der Waals surface area contributed by atoms with E-state index in [-0.39, 0.29) is 12.5 Å². The summed E-state index contributed by atoms with van der Waals surface area (Å²) in [7, 11) is 0. The summed E-state index contributed by atoms with van der Waals surface area (Å²) < 4.78 is 5.48. The normalized spacial score (nSPS) is 33.5. The van der Waals surface area contributed by atoms with Crippen LogP contribution in [0.25, 0.3) is 0 Å². The van der Waals surface area contributed by atoms with Crippen molar-refractivity contribution in [3.8, 4) is 0 Å². The van der Waals surface area contributed by atoms with Crippen molar-refractivity contribution in [2.75, 3.05) is 13.2 Å². The summed E-state index contributed by atoms with van der Waals surface area (Å²) in [5.74, 6) is 4.14. The molecule has 5 heteroatoms. The molecule has 1 aromatic heterocycles. The Morgan fingerprint density at radius 1 is 1.24 bits per heavy atom. The van der Waals surface area contributed by atoms with E-state index in [9.17, 15) is 4.79 Å². The van der Waals surface area contributed by atoms with Crippen LogP contribution in [0.15, 0.2) is 21.7 Å². The summed E-state index contributed by atoms with van der Waals surface area (Å²) in [6, 6.07) is 3.73.